The Morgan fingerprint density at radius 3 is 3.00 bits per heavy atom. The Kier molecular flexibility index (Phi) is 6.16. The highest BCUT2D eigenvalue weighted by Gasteiger charge is 2.00. The first-order chi connectivity index (χ1) is 7.72. The van der Waals surface area contributed by atoms with Crippen LogP contribution in [0.15, 0.2) is 36.9 Å². The predicted octanol–water partition coefficient (Wildman–Crippen LogP) is 2.55. The summed E-state index contributed by atoms with van der Waals surface area (Å²) in [6.45, 7) is 7.45. The van der Waals surface area contributed by atoms with Crippen LogP contribution in [0.5, 0.6) is 0 Å². The topological polar surface area (TPSA) is 15.3 Å². The van der Waals surface area contributed by atoms with E-state index in [-0.39, 0.29) is 0 Å². The molecule has 0 saturated heterocycles. The Balaban J connectivity index is 2.28. The van der Waals surface area contributed by atoms with E-state index in [0.29, 0.717) is 0 Å². The molecule has 0 aromatic heterocycles. The van der Waals surface area contributed by atoms with Crippen molar-refractivity contribution >= 4 is 11.6 Å². The molecule has 0 amide bonds. The summed E-state index contributed by atoms with van der Waals surface area (Å²) < 4.78 is 0. The number of hydrogen-bond acceptors (Lipinski definition) is 2. The van der Waals surface area contributed by atoms with Crippen molar-refractivity contribution < 1.29 is 0 Å². The second-order valence-electron chi connectivity index (χ2n) is 3.86. The molecule has 3 heteroatoms. The first kappa shape index (κ1) is 13.2. The van der Waals surface area contributed by atoms with Gasteiger partial charge in [-0.2, -0.15) is 0 Å². The van der Waals surface area contributed by atoms with E-state index in [2.05, 4.69) is 29.9 Å². The Hall–Kier alpha value is -0.830. The van der Waals surface area contributed by atoms with Gasteiger partial charge in [0.25, 0.3) is 0 Å². The van der Waals surface area contributed by atoms with Crippen molar-refractivity contribution in [1.29, 1.82) is 0 Å². The third kappa shape index (κ3) is 5.31. The van der Waals surface area contributed by atoms with E-state index < -0.39 is 0 Å². The minimum Gasteiger partial charge on any atom is -0.312 e. The molecule has 1 aromatic rings. The van der Waals surface area contributed by atoms with E-state index in [9.17, 15) is 0 Å². The fourth-order valence-electron chi connectivity index (χ4n) is 1.50. The SMILES string of the molecule is C=CCNCCN(C)Cc1cccc(Cl)c1. The quantitative estimate of drug-likeness (QED) is 0.580. The van der Waals surface area contributed by atoms with Crippen molar-refractivity contribution in [1.82, 2.24) is 10.2 Å². The number of nitrogens with one attached hydrogen (secondary N) is 1. The zero-order valence-electron chi connectivity index (χ0n) is 9.75. The lowest BCUT2D eigenvalue weighted by Crippen LogP contribution is -2.28. The van der Waals surface area contributed by atoms with Crippen molar-refractivity contribution in [2.45, 2.75) is 6.54 Å². The zero-order valence-corrected chi connectivity index (χ0v) is 10.5. The number of rotatable bonds is 7. The lowest BCUT2D eigenvalue weighted by Gasteiger charge is -2.16. The zero-order chi connectivity index (χ0) is 11.8. The van der Waals surface area contributed by atoms with Crippen molar-refractivity contribution in [3.05, 3.63) is 47.5 Å². The molecule has 88 valence electrons. The number of benzene rings is 1. The molecule has 0 spiro atoms. The Morgan fingerprint density at radius 2 is 2.31 bits per heavy atom. The molecule has 0 aliphatic heterocycles. The van der Waals surface area contributed by atoms with Crippen LogP contribution in [0.25, 0.3) is 0 Å². The van der Waals surface area contributed by atoms with Crippen LogP contribution in [0.2, 0.25) is 5.02 Å². The summed E-state index contributed by atoms with van der Waals surface area (Å²) in [5.74, 6) is 0. The van der Waals surface area contributed by atoms with Crippen LogP contribution in [0, 0.1) is 0 Å². The molecule has 0 aliphatic rings. The summed E-state index contributed by atoms with van der Waals surface area (Å²) >= 11 is 5.93. The molecule has 1 rings (SSSR count). The highest BCUT2D eigenvalue weighted by Crippen LogP contribution is 2.11. The predicted molar refractivity (Wildman–Crippen MR) is 70.9 cm³/mol. The molecular formula is C13H19ClN2. The highest BCUT2D eigenvalue weighted by atomic mass is 35.5. The normalized spacial score (nSPS) is 10.7. The largest absolute Gasteiger partial charge is 0.312 e. The highest BCUT2D eigenvalue weighted by molar-refractivity contribution is 6.30. The summed E-state index contributed by atoms with van der Waals surface area (Å²) in [5, 5.41) is 4.08. The lowest BCUT2D eigenvalue weighted by molar-refractivity contribution is 0.326. The number of nitrogens with zero attached hydrogens (tertiary/aromatic N) is 1. The number of hydrogen-bond donors (Lipinski definition) is 1. The standard InChI is InChI=1S/C13H19ClN2/c1-3-7-15-8-9-16(2)11-12-5-4-6-13(14)10-12/h3-6,10,15H,1,7-9,11H2,2H3. The van der Waals surface area contributed by atoms with Gasteiger partial charge in [-0.3, -0.25) is 0 Å². The van der Waals surface area contributed by atoms with Crippen molar-refractivity contribution in [2.24, 2.45) is 0 Å². The molecule has 1 N–H and O–H groups in total. The lowest BCUT2D eigenvalue weighted by atomic mass is 10.2. The third-order valence-corrected chi connectivity index (χ3v) is 2.54. The average molecular weight is 239 g/mol. The maximum Gasteiger partial charge on any atom is 0.0409 e. The van der Waals surface area contributed by atoms with Gasteiger partial charge < -0.3 is 10.2 Å². The molecule has 0 unspecified atom stereocenters. The minimum atomic E-state index is 0.802. The Morgan fingerprint density at radius 1 is 1.50 bits per heavy atom. The van der Waals surface area contributed by atoms with Gasteiger partial charge in [0.2, 0.25) is 0 Å². The second-order valence-corrected chi connectivity index (χ2v) is 4.30. The molecule has 2 nitrogen and oxygen atoms in total. The molecule has 0 atom stereocenters. The average Bonchev–Trinajstić information content (AvgIpc) is 2.24. The monoisotopic (exact) mass is 238 g/mol. The van der Waals surface area contributed by atoms with E-state index in [1.54, 1.807) is 0 Å². The molecule has 0 fully saturated rings. The first-order valence-corrected chi connectivity index (χ1v) is 5.85. The van der Waals surface area contributed by atoms with Gasteiger partial charge in [-0.25, -0.2) is 0 Å². The van der Waals surface area contributed by atoms with Crippen LogP contribution < -0.4 is 5.32 Å². The van der Waals surface area contributed by atoms with Gasteiger partial charge in [-0.15, -0.1) is 6.58 Å². The van der Waals surface area contributed by atoms with E-state index >= 15 is 0 Å². The van der Waals surface area contributed by atoms with Gasteiger partial charge in [0.05, 0.1) is 0 Å². The fraction of sp³-hybridized carbons (Fsp3) is 0.385. The van der Waals surface area contributed by atoms with Gasteiger partial charge in [0.15, 0.2) is 0 Å². The van der Waals surface area contributed by atoms with Gasteiger partial charge in [-0.1, -0.05) is 29.8 Å². The maximum atomic E-state index is 5.93. The summed E-state index contributed by atoms with van der Waals surface area (Å²) in [6.07, 6.45) is 1.87. The molecule has 16 heavy (non-hydrogen) atoms. The fourth-order valence-corrected chi connectivity index (χ4v) is 1.71. The van der Waals surface area contributed by atoms with E-state index in [0.717, 1.165) is 31.2 Å². The third-order valence-electron chi connectivity index (χ3n) is 2.30. The maximum absolute atomic E-state index is 5.93. The minimum absolute atomic E-state index is 0.802. The van der Waals surface area contributed by atoms with Crippen LogP contribution in [0.3, 0.4) is 0 Å². The van der Waals surface area contributed by atoms with Crippen LogP contribution >= 0.6 is 11.6 Å². The van der Waals surface area contributed by atoms with E-state index in [1.165, 1.54) is 5.56 Å². The summed E-state index contributed by atoms with van der Waals surface area (Å²) in [4.78, 5) is 2.27. The van der Waals surface area contributed by atoms with Crippen molar-refractivity contribution in [3.8, 4) is 0 Å². The molecule has 0 radical (unpaired) electrons. The van der Waals surface area contributed by atoms with E-state index in [4.69, 9.17) is 11.6 Å². The van der Waals surface area contributed by atoms with Gasteiger partial charge in [0, 0.05) is 31.2 Å². The number of likely N-dealkylation sites (N-methyl/N-ethyl adjacent to an activating group) is 1. The first-order valence-electron chi connectivity index (χ1n) is 5.47. The molecule has 1 aromatic carbocycles. The molecular weight excluding hydrogens is 220 g/mol. The molecule has 0 bridgehead atoms. The van der Waals surface area contributed by atoms with Crippen molar-refractivity contribution in [3.63, 3.8) is 0 Å². The molecule has 0 aliphatic carbocycles. The Labute approximate surface area is 103 Å². The smallest absolute Gasteiger partial charge is 0.0409 e. The molecule has 0 saturated carbocycles. The van der Waals surface area contributed by atoms with Crippen LogP contribution in [0.1, 0.15) is 5.56 Å². The van der Waals surface area contributed by atoms with Crippen LogP contribution in [-0.4, -0.2) is 31.6 Å². The summed E-state index contributed by atoms with van der Waals surface area (Å²) in [7, 11) is 2.11. The van der Waals surface area contributed by atoms with Crippen LogP contribution in [-0.2, 0) is 6.54 Å². The second kappa shape index (κ2) is 7.44. The van der Waals surface area contributed by atoms with Crippen molar-refractivity contribution in [2.75, 3.05) is 26.7 Å². The van der Waals surface area contributed by atoms with Gasteiger partial charge >= 0.3 is 0 Å². The Bertz CT molecular complexity index is 325. The molecule has 0 heterocycles. The van der Waals surface area contributed by atoms with Gasteiger partial charge in [-0.05, 0) is 24.7 Å². The van der Waals surface area contributed by atoms with Crippen LogP contribution in [0.4, 0.5) is 0 Å². The number of halogens is 1. The van der Waals surface area contributed by atoms with Gasteiger partial charge in [0.1, 0.15) is 0 Å². The summed E-state index contributed by atoms with van der Waals surface area (Å²) in [6, 6.07) is 7.99. The van der Waals surface area contributed by atoms with E-state index in [1.807, 2.05) is 24.3 Å². The summed E-state index contributed by atoms with van der Waals surface area (Å²) in [5.41, 5.74) is 1.25.